The maximum Gasteiger partial charge on any atom is 0.303 e. The average molecular weight is 534 g/mol. The highest BCUT2D eigenvalue weighted by molar-refractivity contribution is 5.93. The third-order valence-corrected chi connectivity index (χ3v) is 10.6. The van der Waals surface area contributed by atoms with E-state index < -0.39 is 11.4 Å². The lowest BCUT2D eigenvalue weighted by Gasteiger charge is -2.56. The number of benzene rings is 1. The maximum absolute atomic E-state index is 12.7. The Bertz CT molecular complexity index is 1240. The first-order valence-corrected chi connectivity index (χ1v) is 14.7. The second kappa shape index (κ2) is 9.31. The van der Waals surface area contributed by atoms with Gasteiger partial charge in [-0.15, -0.1) is 0 Å². The van der Waals surface area contributed by atoms with Crippen LogP contribution in [0.5, 0.6) is 0 Å². The molecule has 1 aliphatic heterocycles. The van der Waals surface area contributed by atoms with E-state index in [1.54, 1.807) is 5.57 Å². The topological polar surface area (TPSA) is 65.1 Å². The van der Waals surface area contributed by atoms with E-state index in [1.807, 2.05) is 19.9 Å². The van der Waals surface area contributed by atoms with Crippen molar-refractivity contribution in [2.45, 2.75) is 96.1 Å². The molecule has 1 saturated heterocycles. The Kier molecular flexibility index (Phi) is 6.39. The van der Waals surface area contributed by atoms with Crippen molar-refractivity contribution in [1.82, 2.24) is 0 Å². The molecule has 1 aromatic carbocycles. The van der Waals surface area contributed by atoms with Crippen molar-refractivity contribution < 1.29 is 23.8 Å². The van der Waals surface area contributed by atoms with E-state index in [0.29, 0.717) is 24.9 Å². The number of esters is 1. The number of ketones is 1. The van der Waals surface area contributed by atoms with Crippen molar-refractivity contribution >= 4 is 17.4 Å². The van der Waals surface area contributed by atoms with Crippen LogP contribution in [0.4, 0.5) is 5.69 Å². The van der Waals surface area contributed by atoms with Gasteiger partial charge in [0.1, 0.15) is 11.7 Å². The Hall–Kier alpha value is -2.44. The number of allylic oxidation sites excluding steroid dienone is 4. The van der Waals surface area contributed by atoms with Crippen molar-refractivity contribution in [2.75, 3.05) is 25.6 Å². The van der Waals surface area contributed by atoms with Crippen molar-refractivity contribution in [3.63, 3.8) is 0 Å². The van der Waals surface area contributed by atoms with Crippen LogP contribution >= 0.6 is 0 Å². The molecule has 210 valence electrons. The molecule has 6 rings (SSSR count). The summed E-state index contributed by atoms with van der Waals surface area (Å²) in [5, 5.41) is 0. The third kappa shape index (κ3) is 4.21. The number of rotatable bonds is 4. The molecule has 3 fully saturated rings. The number of anilines is 1. The van der Waals surface area contributed by atoms with Gasteiger partial charge in [0.05, 0.1) is 6.61 Å². The summed E-state index contributed by atoms with van der Waals surface area (Å²) in [6.45, 7) is 8.21. The lowest BCUT2D eigenvalue weighted by Crippen LogP contribution is -2.60. The molecule has 6 atom stereocenters. The first-order valence-electron chi connectivity index (χ1n) is 14.7. The highest BCUT2D eigenvalue weighted by atomic mass is 16.8. The van der Waals surface area contributed by atoms with Gasteiger partial charge in [-0.25, -0.2) is 0 Å². The molecule has 0 radical (unpaired) electrons. The van der Waals surface area contributed by atoms with Crippen LogP contribution in [0.25, 0.3) is 0 Å². The predicted octanol–water partition coefficient (Wildman–Crippen LogP) is 6.11. The van der Waals surface area contributed by atoms with Gasteiger partial charge in [0.15, 0.2) is 11.6 Å². The Labute approximate surface area is 232 Å². The predicted molar refractivity (Wildman–Crippen MR) is 150 cm³/mol. The zero-order chi connectivity index (χ0) is 27.7. The van der Waals surface area contributed by atoms with E-state index in [4.69, 9.17) is 14.2 Å². The zero-order valence-corrected chi connectivity index (χ0v) is 24.3. The highest BCUT2D eigenvalue weighted by Crippen LogP contribution is 2.69. The second-order valence-corrected chi connectivity index (χ2v) is 13.3. The van der Waals surface area contributed by atoms with E-state index in [-0.39, 0.29) is 29.2 Å². The average Bonchev–Trinajstić information content (AvgIpc) is 3.39. The maximum atomic E-state index is 12.7. The molecule has 5 unspecified atom stereocenters. The van der Waals surface area contributed by atoms with Crippen LogP contribution in [0.3, 0.4) is 0 Å². The molecule has 6 nitrogen and oxygen atoms in total. The molecular weight excluding hydrogens is 490 g/mol. The van der Waals surface area contributed by atoms with Crippen molar-refractivity contribution in [2.24, 2.45) is 17.3 Å². The number of carbonyl (C=O) groups excluding carboxylic acids is 2. The van der Waals surface area contributed by atoms with E-state index in [2.05, 4.69) is 50.2 Å². The van der Waals surface area contributed by atoms with Gasteiger partial charge in [-0.1, -0.05) is 24.6 Å². The Morgan fingerprint density at radius 1 is 1.05 bits per heavy atom. The zero-order valence-electron chi connectivity index (χ0n) is 24.3. The number of fused-ring (bicyclic) bond motifs is 4. The molecule has 39 heavy (non-hydrogen) atoms. The lowest BCUT2D eigenvalue weighted by atomic mass is 9.50. The lowest BCUT2D eigenvalue weighted by molar-refractivity contribution is -0.220. The Balaban J connectivity index is 1.50. The minimum atomic E-state index is -0.742. The molecule has 0 bridgehead atoms. The normalized spacial score (nSPS) is 37.1. The molecule has 1 aromatic rings. The van der Waals surface area contributed by atoms with E-state index in [9.17, 15) is 9.59 Å². The summed E-state index contributed by atoms with van der Waals surface area (Å²) >= 11 is 0. The number of ether oxygens (including phenoxy) is 3. The standard InChI is InChI=1S/C33H43NO5/c1-20(35)38-33(29-19-37-31(2,3)39-29)16-15-28-26-13-9-22-17-24(36)12-14-25(22)30(26)27(18-32(28,33)4)21-7-10-23(11-8-21)34(5)6/h7-8,10-11,17,26-29H,9,12-16,18-19H2,1-6H3/t26?,27?,28?,29?,32?,33-/m0/s1. The quantitative estimate of drug-likeness (QED) is 0.436. The minimum absolute atomic E-state index is 0.197. The van der Waals surface area contributed by atoms with Gasteiger partial charge in [-0.3, -0.25) is 9.59 Å². The summed E-state index contributed by atoms with van der Waals surface area (Å²) in [7, 11) is 4.13. The Morgan fingerprint density at radius 2 is 1.79 bits per heavy atom. The van der Waals surface area contributed by atoms with Crippen molar-refractivity contribution in [3.05, 3.63) is 52.6 Å². The fourth-order valence-corrected chi connectivity index (χ4v) is 8.92. The van der Waals surface area contributed by atoms with E-state index in [0.717, 1.165) is 38.5 Å². The van der Waals surface area contributed by atoms with Crippen LogP contribution in [0.1, 0.15) is 84.1 Å². The van der Waals surface area contributed by atoms with Crippen LogP contribution in [-0.4, -0.2) is 49.9 Å². The van der Waals surface area contributed by atoms with Gasteiger partial charge in [0.2, 0.25) is 0 Å². The third-order valence-electron chi connectivity index (χ3n) is 10.6. The summed E-state index contributed by atoms with van der Waals surface area (Å²) in [4.78, 5) is 27.2. The number of hydrogen-bond donors (Lipinski definition) is 0. The molecular formula is C33H43NO5. The van der Waals surface area contributed by atoms with Crippen molar-refractivity contribution in [1.29, 1.82) is 0 Å². The molecule has 5 aliphatic rings. The monoisotopic (exact) mass is 533 g/mol. The van der Waals surface area contributed by atoms with Gasteiger partial charge in [-0.2, -0.15) is 0 Å². The second-order valence-electron chi connectivity index (χ2n) is 13.3. The molecule has 4 aliphatic carbocycles. The van der Waals surface area contributed by atoms with Crippen LogP contribution < -0.4 is 4.90 Å². The SMILES string of the molecule is CC(=O)O[C@]1(C2COC(C)(C)O2)CCC2C3CCC4=CC(=O)CCC4=C3C(c3ccc(N(C)C)cc3)CC21C. The number of carbonyl (C=O) groups is 2. The highest BCUT2D eigenvalue weighted by Gasteiger charge is 2.69. The summed E-state index contributed by atoms with van der Waals surface area (Å²) in [6, 6.07) is 8.97. The number of nitrogens with zero attached hydrogens (tertiary/aromatic N) is 1. The summed E-state index contributed by atoms with van der Waals surface area (Å²) < 4.78 is 19.0. The van der Waals surface area contributed by atoms with Gasteiger partial charge < -0.3 is 19.1 Å². The first-order chi connectivity index (χ1) is 18.4. The van der Waals surface area contributed by atoms with Gasteiger partial charge in [0.25, 0.3) is 0 Å². The summed E-state index contributed by atoms with van der Waals surface area (Å²) in [5.74, 6) is 0.285. The number of hydrogen-bond acceptors (Lipinski definition) is 6. The molecule has 0 N–H and O–H groups in total. The fourth-order valence-electron chi connectivity index (χ4n) is 8.92. The van der Waals surface area contributed by atoms with Crippen LogP contribution in [0.2, 0.25) is 0 Å². The Morgan fingerprint density at radius 3 is 2.44 bits per heavy atom. The fraction of sp³-hybridized carbons (Fsp3) is 0.636. The largest absolute Gasteiger partial charge is 0.456 e. The van der Waals surface area contributed by atoms with E-state index in [1.165, 1.54) is 29.3 Å². The van der Waals surface area contributed by atoms with Crippen LogP contribution in [-0.2, 0) is 23.8 Å². The molecule has 0 aromatic heterocycles. The van der Waals surface area contributed by atoms with E-state index >= 15 is 0 Å². The minimum Gasteiger partial charge on any atom is -0.456 e. The molecule has 0 spiro atoms. The van der Waals surface area contributed by atoms with Crippen molar-refractivity contribution in [3.8, 4) is 0 Å². The molecule has 1 heterocycles. The van der Waals surface area contributed by atoms with Gasteiger partial charge in [-0.05, 0) is 99.1 Å². The molecule has 0 amide bonds. The van der Waals surface area contributed by atoms with Crippen LogP contribution in [0.15, 0.2) is 47.1 Å². The first kappa shape index (κ1) is 26.8. The molecule has 2 saturated carbocycles. The smallest absolute Gasteiger partial charge is 0.303 e. The molecule has 6 heteroatoms. The van der Waals surface area contributed by atoms with Gasteiger partial charge >= 0.3 is 5.97 Å². The summed E-state index contributed by atoms with van der Waals surface area (Å²) in [6.07, 6.45) is 7.70. The summed E-state index contributed by atoms with van der Waals surface area (Å²) in [5.41, 5.74) is 5.69. The van der Waals surface area contributed by atoms with Gasteiger partial charge in [0, 0.05) is 44.5 Å². The van der Waals surface area contributed by atoms with Crippen LogP contribution in [0, 0.1) is 17.3 Å².